The summed E-state index contributed by atoms with van der Waals surface area (Å²) in [4.78, 5) is 26.2. The molecule has 1 amide bonds. The standard InChI is InChI=1S/C18H18Cl2N2O5S/c1-28(26,27)7-5-12-10-21(9-11-2-3-13(19)14(20)8-11)18(25)16-17(24)15(23)4-6-22(12)16/h2-4,6,8,12,24H,5,7,9-10H2,1H3. The van der Waals surface area contributed by atoms with Gasteiger partial charge in [0.15, 0.2) is 11.4 Å². The van der Waals surface area contributed by atoms with E-state index in [9.17, 15) is 23.1 Å². The zero-order chi connectivity index (χ0) is 20.6. The van der Waals surface area contributed by atoms with Gasteiger partial charge in [-0.3, -0.25) is 9.59 Å². The molecule has 7 nitrogen and oxygen atoms in total. The molecule has 0 spiro atoms. The molecule has 0 fully saturated rings. The van der Waals surface area contributed by atoms with Gasteiger partial charge in [-0.1, -0.05) is 29.3 Å². The number of carbonyl (C=O) groups excluding carboxylic acids is 1. The van der Waals surface area contributed by atoms with E-state index in [0.717, 1.165) is 17.9 Å². The molecule has 0 radical (unpaired) electrons. The molecule has 1 aromatic carbocycles. The Morgan fingerprint density at radius 2 is 1.89 bits per heavy atom. The number of benzene rings is 1. The molecule has 28 heavy (non-hydrogen) atoms. The number of nitrogens with zero attached hydrogens (tertiary/aromatic N) is 2. The molecule has 1 unspecified atom stereocenters. The Bertz CT molecular complexity index is 1100. The summed E-state index contributed by atoms with van der Waals surface area (Å²) in [6, 6.07) is 5.73. The van der Waals surface area contributed by atoms with Gasteiger partial charge in [0.1, 0.15) is 9.84 Å². The number of pyridine rings is 1. The highest BCUT2D eigenvalue weighted by molar-refractivity contribution is 7.90. The first kappa shape index (κ1) is 20.7. The Labute approximate surface area is 172 Å². The number of aromatic nitrogens is 1. The predicted octanol–water partition coefficient (Wildman–Crippen LogP) is 2.49. The van der Waals surface area contributed by atoms with Crippen LogP contribution in [-0.2, 0) is 16.4 Å². The maximum atomic E-state index is 12.9. The zero-order valence-electron chi connectivity index (χ0n) is 14.9. The summed E-state index contributed by atoms with van der Waals surface area (Å²) in [5.41, 5.74) is -0.0917. The minimum absolute atomic E-state index is 0.0845. The van der Waals surface area contributed by atoms with Gasteiger partial charge < -0.3 is 14.6 Å². The van der Waals surface area contributed by atoms with Crippen molar-refractivity contribution in [1.29, 1.82) is 0 Å². The average Bonchev–Trinajstić information content (AvgIpc) is 2.61. The predicted molar refractivity (Wildman–Crippen MR) is 107 cm³/mol. The number of halogens is 2. The van der Waals surface area contributed by atoms with Crippen molar-refractivity contribution in [3.05, 3.63) is 62.0 Å². The smallest absolute Gasteiger partial charge is 0.274 e. The highest BCUT2D eigenvalue weighted by Gasteiger charge is 2.34. The van der Waals surface area contributed by atoms with Gasteiger partial charge in [-0.15, -0.1) is 0 Å². The van der Waals surface area contributed by atoms with Crippen LogP contribution in [0.1, 0.15) is 28.5 Å². The van der Waals surface area contributed by atoms with Gasteiger partial charge in [0, 0.05) is 31.6 Å². The second-order valence-electron chi connectivity index (χ2n) is 6.79. The first-order chi connectivity index (χ1) is 13.1. The fourth-order valence-corrected chi connectivity index (χ4v) is 4.23. The maximum Gasteiger partial charge on any atom is 0.274 e. The molecule has 3 rings (SSSR count). The van der Waals surface area contributed by atoms with Crippen LogP contribution in [0.25, 0.3) is 0 Å². The number of fused-ring (bicyclic) bond motifs is 1. The van der Waals surface area contributed by atoms with Crippen LogP contribution in [0.2, 0.25) is 10.0 Å². The van der Waals surface area contributed by atoms with Crippen LogP contribution in [0.4, 0.5) is 0 Å². The Hall–Kier alpha value is -2.03. The van der Waals surface area contributed by atoms with Crippen LogP contribution in [0, 0.1) is 0 Å². The Kier molecular flexibility index (Phi) is 5.74. The minimum Gasteiger partial charge on any atom is -0.503 e. The lowest BCUT2D eigenvalue weighted by atomic mass is 10.1. The summed E-state index contributed by atoms with van der Waals surface area (Å²) in [5.74, 6) is -1.24. The second kappa shape index (κ2) is 7.77. The van der Waals surface area contributed by atoms with Crippen molar-refractivity contribution < 1.29 is 18.3 Å². The van der Waals surface area contributed by atoms with Crippen LogP contribution in [0.5, 0.6) is 5.75 Å². The summed E-state index contributed by atoms with van der Waals surface area (Å²) in [6.45, 7) is 0.400. The molecular formula is C18H18Cl2N2O5S. The first-order valence-electron chi connectivity index (χ1n) is 8.42. The summed E-state index contributed by atoms with van der Waals surface area (Å²) in [6.07, 6.45) is 2.79. The quantitative estimate of drug-likeness (QED) is 0.763. The monoisotopic (exact) mass is 444 g/mol. The summed E-state index contributed by atoms with van der Waals surface area (Å²) in [7, 11) is -3.22. The molecule has 2 aromatic rings. The van der Waals surface area contributed by atoms with Gasteiger partial charge in [0.05, 0.1) is 21.8 Å². The third kappa shape index (κ3) is 4.34. The van der Waals surface area contributed by atoms with E-state index in [0.29, 0.717) is 10.0 Å². The summed E-state index contributed by atoms with van der Waals surface area (Å²) >= 11 is 12.0. The van der Waals surface area contributed by atoms with E-state index in [2.05, 4.69) is 0 Å². The molecule has 1 aliphatic rings. The van der Waals surface area contributed by atoms with E-state index in [1.807, 2.05) is 0 Å². The Morgan fingerprint density at radius 3 is 2.54 bits per heavy atom. The van der Waals surface area contributed by atoms with Crippen molar-refractivity contribution in [2.24, 2.45) is 0 Å². The normalized spacial score (nSPS) is 16.9. The van der Waals surface area contributed by atoms with E-state index in [1.54, 1.807) is 18.2 Å². The molecule has 0 saturated heterocycles. The Balaban J connectivity index is 1.98. The van der Waals surface area contributed by atoms with Crippen molar-refractivity contribution in [3.8, 4) is 5.75 Å². The van der Waals surface area contributed by atoms with Gasteiger partial charge in [0.2, 0.25) is 5.43 Å². The van der Waals surface area contributed by atoms with Crippen molar-refractivity contribution >= 4 is 38.9 Å². The maximum absolute atomic E-state index is 12.9. The molecule has 150 valence electrons. The fraction of sp³-hybridized carbons (Fsp3) is 0.333. The molecule has 1 N–H and O–H groups in total. The lowest BCUT2D eigenvalue weighted by Crippen LogP contribution is -2.44. The lowest BCUT2D eigenvalue weighted by Gasteiger charge is -2.36. The van der Waals surface area contributed by atoms with E-state index in [1.165, 1.54) is 15.7 Å². The van der Waals surface area contributed by atoms with Gasteiger partial charge in [-0.05, 0) is 24.1 Å². The van der Waals surface area contributed by atoms with E-state index in [-0.39, 0.29) is 31.0 Å². The highest BCUT2D eigenvalue weighted by atomic mass is 35.5. The number of hydrogen-bond acceptors (Lipinski definition) is 5. The average molecular weight is 445 g/mol. The zero-order valence-corrected chi connectivity index (χ0v) is 17.3. The van der Waals surface area contributed by atoms with Crippen LogP contribution in [0.15, 0.2) is 35.3 Å². The fourth-order valence-electron chi connectivity index (χ4n) is 3.21. The summed E-state index contributed by atoms with van der Waals surface area (Å²) in [5, 5.41) is 10.9. The molecular weight excluding hydrogens is 427 g/mol. The molecule has 1 aromatic heterocycles. The van der Waals surface area contributed by atoms with Crippen molar-refractivity contribution in [3.63, 3.8) is 0 Å². The minimum atomic E-state index is -3.22. The van der Waals surface area contributed by atoms with Crippen LogP contribution in [0.3, 0.4) is 0 Å². The van der Waals surface area contributed by atoms with Crippen LogP contribution < -0.4 is 5.43 Å². The molecule has 10 heteroatoms. The van der Waals surface area contributed by atoms with Crippen LogP contribution >= 0.6 is 23.2 Å². The molecule has 1 aliphatic heterocycles. The Morgan fingerprint density at radius 1 is 1.18 bits per heavy atom. The van der Waals surface area contributed by atoms with Gasteiger partial charge >= 0.3 is 0 Å². The summed E-state index contributed by atoms with van der Waals surface area (Å²) < 4.78 is 24.7. The molecule has 0 bridgehead atoms. The van der Waals surface area contributed by atoms with Gasteiger partial charge in [-0.2, -0.15) is 0 Å². The van der Waals surface area contributed by atoms with Crippen molar-refractivity contribution in [2.75, 3.05) is 18.6 Å². The number of hydrogen-bond donors (Lipinski definition) is 1. The lowest BCUT2D eigenvalue weighted by molar-refractivity contribution is 0.0642. The third-order valence-corrected chi connectivity index (χ3v) is 6.31. The van der Waals surface area contributed by atoms with Crippen molar-refractivity contribution in [1.82, 2.24) is 9.47 Å². The van der Waals surface area contributed by atoms with Gasteiger partial charge in [-0.25, -0.2) is 8.42 Å². The van der Waals surface area contributed by atoms with E-state index >= 15 is 0 Å². The molecule has 1 atom stereocenters. The molecule has 0 aliphatic carbocycles. The molecule has 0 saturated carbocycles. The number of aromatic hydroxyl groups is 1. The highest BCUT2D eigenvalue weighted by Crippen LogP contribution is 2.30. The molecule has 2 heterocycles. The largest absolute Gasteiger partial charge is 0.503 e. The topological polar surface area (TPSA) is 96.7 Å². The van der Waals surface area contributed by atoms with E-state index in [4.69, 9.17) is 23.2 Å². The van der Waals surface area contributed by atoms with Crippen LogP contribution in [-0.4, -0.2) is 47.5 Å². The second-order valence-corrected chi connectivity index (χ2v) is 9.87. The van der Waals surface area contributed by atoms with E-state index < -0.39 is 33.0 Å². The third-order valence-electron chi connectivity index (χ3n) is 4.60. The SMILES string of the molecule is CS(=O)(=O)CCC1CN(Cc2ccc(Cl)c(Cl)c2)C(=O)c2c(O)c(=O)ccn21. The first-order valence-corrected chi connectivity index (χ1v) is 11.2. The number of sulfone groups is 1. The number of carbonyl (C=O) groups is 1. The number of rotatable bonds is 5. The van der Waals surface area contributed by atoms with Crippen molar-refractivity contribution in [2.45, 2.75) is 19.0 Å². The van der Waals surface area contributed by atoms with Gasteiger partial charge in [0.25, 0.3) is 5.91 Å². The number of amides is 1.